The molecule has 0 unspecified atom stereocenters. The van der Waals surface area contributed by atoms with Crippen LogP contribution in [0.5, 0.6) is 0 Å². The fourth-order valence-corrected chi connectivity index (χ4v) is 2.68. The quantitative estimate of drug-likeness (QED) is 0.699. The zero-order valence-electron chi connectivity index (χ0n) is 13.5. The SMILES string of the molecule is CCCNCc1cccc(Cl)c1N(CC(C)C)C(C)C. The fourth-order valence-electron chi connectivity index (χ4n) is 2.38. The highest BCUT2D eigenvalue weighted by Crippen LogP contribution is 2.32. The number of para-hydroxylation sites is 1. The summed E-state index contributed by atoms with van der Waals surface area (Å²) < 4.78 is 0. The van der Waals surface area contributed by atoms with E-state index in [1.54, 1.807) is 0 Å². The van der Waals surface area contributed by atoms with Crippen molar-refractivity contribution in [3.63, 3.8) is 0 Å². The smallest absolute Gasteiger partial charge is 0.0643 e. The Kier molecular flexibility index (Phi) is 7.39. The van der Waals surface area contributed by atoms with Crippen molar-refractivity contribution in [1.29, 1.82) is 0 Å². The molecule has 0 aliphatic carbocycles. The van der Waals surface area contributed by atoms with Gasteiger partial charge in [-0.3, -0.25) is 0 Å². The van der Waals surface area contributed by atoms with Crippen LogP contribution in [-0.2, 0) is 6.54 Å². The Morgan fingerprint density at radius 1 is 1.20 bits per heavy atom. The molecule has 0 aliphatic heterocycles. The molecule has 0 aliphatic rings. The molecule has 1 N–H and O–H groups in total. The molecule has 0 saturated carbocycles. The zero-order valence-corrected chi connectivity index (χ0v) is 14.3. The Morgan fingerprint density at radius 3 is 2.45 bits per heavy atom. The van der Waals surface area contributed by atoms with Gasteiger partial charge in [-0.1, -0.05) is 44.5 Å². The number of nitrogens with one attached hydrogen (secondary N) is 1. The topological polar surface area (TPSA) is 15.3 Å². The predicted octanol–water partition coefficient (Wildman–Crippen LogP) is 4.71. The van der Waals surface area contributed by atoms with Gasteiger partial charge in [-0.25, -0.2) is 0 Å². The standard InChI is InChI=1S/C17H29ClN2/c1-6-10-19-11-15-8-7-9-16(18)17(15)20(14(4)5)12-13(2)3/h7-9,13-14,19H,6,10-12H2,1-5H3. The predicted molar refractivity (Wildman–Crippen MR) is 90.8 cm³/mol. The molecule has 114 valence electrons. The number of anilines is 1. The van der Waals surface area contributed by atoms with Gasteiger partial charge in [0.15, 0.2) is 0 Å². The Hall–Kier alpha value is -0.730. The van der Waals surface area contributed by atoms with E-state index in [2.05, 4.69) is 50.9 Å². The van der Waals surface area contributed by atoms with E-state index in [-0.39, 0.29) is 0 Å². The van der Waals surface area contributed by atoms with Crippen molar-refractivity contribution >= 4 is 17.3 Å². The Morgan fingerprint density at radius 2 is 1.90 bits per heavy atom. The van der Waals surface area contributed by atoms with Crippen molar-refractivity contribution in [2.24, 2.45) is 5.92 Å². The van der Waals surface area contributed by atoms with Crippen molar-refractivity contribution in [1.82, 2.24) is 5.32 Å². The average Bonchev–Trinajstić information content (AvgIpc) is 2.36. The summed E-state index contributed by atoms with van der Waals surface area (Å²) >= 11 is 6.50. The molecular weight excluding hydrogens is 268 g/mol. The highest BCUT2D eigenvalue weighted by Gasteiger charge is 2.18. The molecule has 0 fully saturated rings. The first-order valence-electron chi connectivity index (χ1n) is 7.72. The van der Waals surface area contributed by atoms with Gasteiger partial charge in [0.05, 0.1) is 10.7 Å². The van der Waals surface area contributed by atoms with Crippen LogP contribution in [0.2, 0.25) is 5.02 Å². The third kappa shape index (κ3) is 4.99. The van der Waals surface area contributed by atoms with Crippen molar-refractivity contribution < 1.29 is 0 Å². The van der Waals surface area contributed by atoms with Gasteiger partial charge >= 0.3 is 0 Å². The maximum Gasteiger partial charge on any atom is 0.0643 e. The molecule has 0 aromatic heterocycles. The first-order valence-corrected chi connectivity index (χ1v) is 8.09. The lowest BCUT2D eigenvalue weighted by molar-refractivity contribution is 0.567. The lowest BCUT2D eigenvalue weighted by Gasteiger charge is -2.33. The fraction of sp³-hybridized carbons (Fsp3) is 0.647. The minimum Gasteiger partial charge on any atom is -0.367 e. The molecular formula is C17H29ClN2. The lowest BCUT2D eigenvalue weighted by atomic mass is 10.1. The maximum atomic E-state index is 6.50. The molecule has 3 heteroatoms. The Labute approximate surface area is 129 Å². The minimum absolute atomic E-state index is 0.447. The number of benzene rings is 1. The molecule has 1 aromatic rings. The molecule has 2 nitrogen and oxygen atoms in total. The molecule has 0 saturated heterocycles. The summed E-state index contributed by atoms with van der Waals surface area (Å²) in [5, 5.41) is 4.34. The van der Waals surface area contributed by atoms with E-state index in [0.29, 0.717) is 12.0 Å². The van der Waals surface area contributed by atoms with Gasteiger partial charge in [0.25, 0.3) is 0 Å². The Balaban J connectivity index is 3.04. The molecule has 0 amide bonds. The van der Waals surface area contributed by atoms with Crippen LogP contribution < -0.4 is 10.2 Å². The zero-order chi connectivity index (χ0) is 15.1. The second-order valence-corrected chi connectivity index (χ2v) is 6.47. The molecule has 0 heterocycles. The third-order valence-electron chi connectivity index (χ3n) is 3.28. The van der Waals surface area contributed by atoms with Crippen LogP contribution in [0.25, 0.3) is 0 Å². The van der Waals surface area contributed by atoms with Crippen molar-refractivity contribution in [2.75, 3.05) is 18.0 Å². The van der Waals surface area contributed by atoms with E-state index < -0.39 is 0 Å². The minimum atomic E-state index is 0.447. The van der Waals surface area contributed by atoms with Crippen molar-refractivity contribution in [3.8, 4) is 0 Å². The largest absolute Gasteiger partial charge is 0.367 e. The van der Waals surface area contributed by atoms with E-state index >= 15 is 0 Å². The second kappa shape index (κ2) is 8.53. The van der Waals surface area contributed by atoms with Gasteiger partial charge in [-0.05, 0) is 44.4 Å². The van der Waals surface area contributed by atoms with Crippen molar-refractivity contribution in [2.45, 2.75) is 53.6 Å². The molecule has 0 spiro atoms. The second-order valence-electron chi connectivity index (χ2n) is 6.06. The Bertz CT molecular complexity index is 402. The number of hydrogen-bond acceptors (Lipinski definition) is 2. The van der Waals surface area contributed by atoms with Gasteiger partial charge in [0, 0.05) is 19.1 Å². The van der Waals surface area contributed by atoms with E-state index in [1.165, 1.54) is 11.3 Å². The highest BCUT2D eigenvalue weighted by atomic mass is 35.5. The van der Waals surface area contributed by atoms with E-state index in [9.17, 15) is 0 Å². The third-order valence-corrected chi connectivity index (χ3v) is 3.59. The van der Waals surface area contributed by atoms with Crippen LogP contribution in [0, 0.1) is 5.92 Å². The van der Waals surface area contributed by atoms with Gasteiger partial charge in [-0.15, -0.1) is 0 Å². The summed E-state index contributed by atoms with van der Waals surface area (Å²) in [5.74, 6) is 0.616. The summed E-state index contributed by atoms with van der Waals surface area (Å²) in [6.45, 7) is 14.1. The molecule has 1 rings (SSSR count). The average molecular weight is 297 g/mol. The summed E-state index contributed by atoms with van der Waals surface area (Å²) in [7, 11) is 0. The maximum absolute atomic E-state index is 6.50. The summed E-state index contributed by atoms with van der Waals surface area (Å²) in [4.78, 5) is 2.43. The number of hydrogen-bond donors (Lipinski definition) is 1. The molecule has 1 aromatic carbocycles. The summed E-state index contributed by atoms with van der Waals surface area (Å²) in [6, 6.07) is 6.67. The highest BCUT2D eigenvalue weighted by molar-refractivity contribution is 6.33. The van der Waals surface area contributed by atoms with Crippen LogP contribution >= 0.6 is 11.6 Å². The van der Waals surface area contributed by atoms with Crippen LogP contribution in [0.15, 0.2) is 18.2 Å². The van der Waals surface area contributed by atoms with Gasteiger partial charge in [0.2, 0.25) is 0 Å². The van der Waals surface area contributed by atoms with Crippen LogP contribution in [-0.4, -0.2) is 19.1 Å². The molecule has 0 radical (unpaired) electrons. The van der Waals surface area contributed by atoms with Crippen LogP contribution in [0.1, 0.15) is 46.6 Å². The summed E-state index contributed by atoms with van der Waals surface area (Å²) in [5.41, 5.74) is 2.49. The molecule has 0 bridgehead atoms. The molecule has 20 heavy (non-hydrogen) atoms. The van der Waals surface area contributed by atoms with Gasteiger partial charge in [0.1, 0.15) is 0 Å². The van der Waals surface area contributed by atoms with Crippen LogP contribution in [0.3, 0.4) is 0 Å². The number of halogens is 1. The number of rotatable bonds is 8. The first kappa shape index (κ1) is 17.3. The monoisotopic (exact) mass is 296 g/mol. The molecule has 0 atom stereocenters. The van der Waals surface area contributed by atoms with E-state index in [1.807, 2.05) is 12.1 Å². The van der Waals surface area contributed by atoms with Gasteiger partial charge in [-0.2, -0.15) is 0 Å². The first-order chi connectivity index (χ1) is 9.47. The van der Waals surface area contributed by atoms with Crippen LogP contribution in [0.4, 0.5) is 5.69 Å². The number of nitrogens with zero attached hydrogens (tertiary/aromatic N) is 1. The van der Waals surface area contributed by atoms with E-state index in [0.717, 1.165) is 31.1 Å². The summed E-state index contributed by atoms with van der Waals surface area (Å²) in [6.07, 6.45) is 1.15. The van der Waals surface area contributed by atoms with Gasteiger partial charge < -0.3 is 10.2 Å². The lowest BCUT2D eigenvalue weighted by Crippen LogP contribution is -2.35. The van der Waals surface area contributed by atoms with Crippen molar-refractivity contribution in [3.05, 3.63) is 28.8 Å². The van der Waals surface area contributed by atoms with E-state index in [4.69, 9.17) is 11.6 Å². The normalized spacial score (nSPS) is 11.4.